The summed E-state index contributed by atoms with van der Waals surface area (Å²) in [5.41, 5.74) is 7.67. The Kier molecular flexibility index (Phi) is 9.93. The van der Waals surface area contributed by atoms with Crippen LogP contribution >= 0.6 is 0 Å². The summed E-state index contributed by atoms with van der Waals surface area (Å²) in [6, 6.07) is 6.42. The van der Waals surface area contributed by atoms with Crippen LogP contribution in [0.25, 0.3) is 10.9 Å². The van der Waals surface area contributed by atoms with Crippen LogP contribution in [0.3, 0.4) is 0 Å². The number of benzene rings is 1. The molecule has 0 radical (unpaired) electrons. The molecule has 2 saturated heterocycles. The number of amides is 3. The van der Waals surface area contributed by atoms with Gasteiger partial charge in [0.1, 0.15) is 36.1 Å². The molecule has 2 saturated carbocycles. The number of likely N-dealkylation sites (tertiary alicyclic amines) is 1. The van der Waals surface area contributed by atoms with E-state index < -0.39 is 30.2 Å². The SMILES string of the molecule is CN1CCC(Oc2c3c(nc4ccccc24)O[C@@H]2C[C@@H](C(N)=O)N(C2)C(=O)[C@H](C2CCCCC2)NC(=O)O[C@@H]2C[C@H]2CCCCC3)CC1. The topological polar surface area (TPSA) is 136 Å². The first kappa shape index (κ1) is 32.9. The van der Waals surface area contributed by atoms with E-state index in [0.717, 1.165) is 119 Å². The Labute approximate surface area is 283 Å². The van der Waals surface area contributed by atoms with Gasteiger partial charge in [0.05, 0.1) is 17.6 Å². The summed E-state index contributed by atoms with van der Waals surface area (Å²) < 4.78 is 19.4. The van der Waals surface area contributed by atoms with E-state index in [-0.39, 0.29) is 37.0 Å². The van der Waals surface area contributed by atoms with Crippen molar-refractivity contribution in [2.24, 2.45) is 17.6 Å². The minimum Gasteiger partial charge on any atom is -0.489 e. The highest BCUT2D eigenvalue weighted by Gasteiger charge is 2.46. The second kappa shape index (κ2) is 14.5. The number of nitrogens with zero attached hydrogens (tertiary/aromatic N) is 3. The molecule has 0 spiro atoms. The summed E-state index contributed by atoms with van der Waals surface area (Å²) in [5.74, 6) is 0.799. The molecule has 4 heterocycles. The Morgan fingerprint density at radius 2 is 1.67 bits per heavy atom. The Morgan fingerprint density at radius 3 is 2.44 bits per heavy atom. The van der Waals surface area contributed by atoms with Gasteiger partial charge in [-0.05, 0) is 82.4 Å². The van der Waals surface area contributed by atoms with Crippen molar-refractivity contribution in [3.8, 4) is 11.6 Å². The van der Waals surface area contributed by atoms with Crippen LogP contribution in [0.4, 0.5) is 4.79 Å². The fraction of sp³-hybridized carbons (Fsp3) is 0.676. The van der Waals surface area contributed by atoms with Crippen molar-refractivity contribution < 1.29 is 28.6 Å². The number of piperidine rings is 1. The molecule has 3 amide bonds. The molecule has 11 heteroatoms. The number of aromatic nitrogens is 1. The molecule has 5 aliphatic rings. The maximum Gasteiger partial charge on any atom is 0.408 e. The van der Waals surface area contributed by atoms with Gasteiger partial charge in [0.25, 0.3) is 0 Å². The predicted octanol–water partition coefficient (Wildman–Crippen LogP) is 4.72. The lowest BCUT2D eigenvalue weighted by Gasteiger charge is -2.34. The number of rotatable bonds is 4. The van der Waals surface area contributed by atoms with Crippen molar-refractivity contribution >= 4 is 28.8 Å². The van der Waals surface area contributed by atoms with Gasteiger partial charge in [-0.1, -0.05) is 44.2 Å². The number of nitrogens with one attached hydrogen (secondary N) is 1. The van der Waals surface area contributed by atoms with Gasteiger partial charge in [0, 0.05) is 24.9 Å². The summed E-state index contributed by atoms with van der Waals surface area (Å²) in [6.45, 7) is 2.15. The largest absolute Gasteiger partial charge is 0.489 e. The summed E-state index contributed by atoms with van der Waals surface area (Å²) >= 11 is 0. The van der Waals surface area contributed by atoms with Crippen LogP contribution in [-0.2, 0) is 20.7 Å². The molecule has 7 rings (SSSR count). The minimum absolute atomic E-state index is 0.0269. The van der Waals surface area contributed by atoms with E-state index in [1.807, 2.05) is 18.2 Å². The molecule has 2 bridgehead atoms. The van der Waals surface area contributed by atoms with Gasteiger partial charge in [-0.25, -0.2) is 9.78 Å². The Morgan fingerprint density at radius 1 is 0.938 bits per heavy atom. The molecule has 2 aliphatic carbocycles. The van der Waals surface area contributed by atoms with Gasteiger partial charge in [-0.2, -0.15) is 0 Å². The zero-order chi connectivity index (χ0) is 33.2. The van der Waals surface area contributed by atoms with Crippen molar-refractivity contribution in [3.05, 3.63) is 29.8 Å². The number of primary amides is 1. The third-order valence-corrected chi connectivity index (χ3v) is 11.3. The van der Waals surface area contributed by atoms with Crippen LogP contribution < -0.4 is 20.5 Å². The molecule has 48 heavy (non-hydrogen) atoms. The molecular weight excluding hydrogens is 610 g/mol. The molecular formula is C37H51N5O6. The average molecular weight is 662 g/mol. The standard InChI is InChI=1S/C37H51N5O6/c1-41-18-16-25(17-19-41)46-33-27-13-8-9-15-29(27)39-35-28(33)14-7-3-6-12-24-20-31(24)48-37(45)40-32(23-10-4-2-5-11-23)36(44)42-22-26(47-35)21-30(42)34(38)43/h8-9,13,15,23-26,30-32H,2-7,10-12,14,16-22H2,1H3,(H2,38,43)(H,40,45)/t24-,26-,30+,31-,32+/m1/s1. The van der Waals surface area contributed by atoms with E-state index in [2.05, 4.69) is 23.3 Å². The number of alkyl carbamates (subject to hydrolysis) is 1. The van der Waals surface area contributed by atoms with E-state index in [1.165, 1.54) is 4.90 Å². The highest BCUT2D eigenvalue weighted by atomic mass is 16.6. The number of hydrogen-bond donors (Lipinski definition) is 2. The van der Waals surface area contributed by atoms with Crippen LogP contribution in [0.2, 0.25) is 0 Å². The molecule has 1 aromatic heterocycles. The van der Waals surface area contributed by atoms with Crippen LogP contribution in [0.15, 0.2) is 24.3 Å². The number of pyridine rings is 1. The maximum atomic E-state index is 14.3. The molecule has 3 N–H and O–H groups in total. The Bertz CT molecular complexity index is 1490. The number of carbonyl (C=O) groups excluding carboxylic acids is 3. The van der Waals surface area contributed by atoms with Gasteiger partial charge < -0.3 is 35.1 Å². The molecule has 11 nitrogen and oxygen atoms in total. The number of carbonyl (C=O) groups is 3. The second-order valence-corrected chi connectivity index (χ2v) is 14.8. The van der Waals surface area contributed by atoms with Crippen molar-refractivity contribution in [2.75, 3.05) is 26.7 Å². The highest BCUT2D eigenvalue weighted by Crippen LogP contribution is 2.41. The van der Waals surface area contributed by atoms with Crippen molar-refractivity contribution in [1.29, 1.82) is 0 Å². The molecule has 3 aliphatic heterocycles. The van der Waals surface area contributed by atoms with Gasteiger partial charge in [0.15, 0.2) is 0 Å². The molecule has 1 aromatic carbocycles. The summed E-state index contributed by atoms with van der Waals surface area (Å²) in [7, 11) is 2.15. The van der Waals surface area contributed by atoms with Gasteiger partial charge in [0.2, 0.25) is 17.7 Å². The number of para-hydroxylation sites is 1. The van der Waals surface area contributed by atoms with E-state index >= 15 is 0 Å². The predicted molar refractivity (Wildman–Crippen MR) is 181 cm³/mol. The molecule has 260 valence electrons. The third kappa shape index (κ3) is 7.36. The first-order valence-electron chi connectivity index (χ1n) is 18.3. The third-order valence-electron chi connectivity index (χ3n) is 11.3. The smallest absolute Gasteiger partial charge is 0.408 e. The van der Waals surface area contributed by atoms with Gasteiger partial charge in [-0.15, -0.1) is 0 Å². The van der Waals surface area contributed by atoms with Gasteiger partial charge >= 0.3 is 6.09 Å². The lowest BCUT2D eigenvalue weighted by molar-refractivity contribution is -0.140. The van der Waals surface area contributed by atoms with Crippen LogP contribution in [0, 0.1) is 11.8 Å². The number of ether oxygens (including phenoxy) is 3. The normalized spacial score (nSPS) is 29.9. The van der Waals surface area contributed by atoms with E-state index in [1.54, 1.807) is 0 Å². The van der Waals surface area contributed by atoms with Crippen molar-refractivity contribution in [2.45, 2.75) is 120 Å². The first-order chi connectivity index (χ1) is 23.3. The lowest BCUT2D eigenvalue weighted by Crippen LogP contribution is -2.56. The summed E-state index contributed by atoms with van der Waals surface area (Å²) in [4.78, 5) is 49.2. The van der Waals surface area contributed by atoms with E-state index in [4.69, 9.17) is 24.9 Å². The van der Waals surface area contributed by atoms with Gasteiger partial charge in [-0.3, -0.25) is 9.59 Å². The van der Waals surface area contributed by atoms with Crippen molar-refractivity contribution in [3.63, 3.8) is 0 Å². The molecule has 0 unspecified atom stereocenters. The Balaban J connectivity index is 1.23. The zero-order valence-electron chi connectivity index (χ0n) is 28.2. The quantitative estimate of drug-likeness (QED) is 0.481. The number of fused-ring (bicyclic) bond motifs is 5. The molecule has 5 atom stereocenters. The van der Waals surface area contributed by atoms with Crippen molar-refractivity contribution in [1.82, 2.24) is 20.1 Å². The summed E-state index contributed by atoms with van der Waals surface area (Å²) in [5, 5.41) is 3.92. The fourth-order valence-electron chi connectivity index (χ4n) is 8.35. The first-order valence-corrected chi connectivity index (χ1v) is 18.3. The van der Waals surface area contributed by atoms with E-state index in [0.29, 0.717) is 11.8 Å². The highest BCUT2D eigenvalue weighted by molar-refractivity contribution is 5.92. The fourth-order valence-corrected chi connectivity index (χ4v) is 8.35. The van der Waals surface area contributed by atoms with E-state index in [9.17, 15) is 14.4 Å². The second-order valence-electron chi connectivity index (χ2n) is 14.8. The Hall–Kier alpha value is -3.60. The lowest BCUT2D eigenvalue weighted by atomic mass is 9.83. The minimum atomic E-state index is -0.847. The zero-order valence-corrected chi connectivity index (χ0v) is 28.2. The maximum absolute atomic E-state index is 14.3. The molecule has 2 aromatic rings. The molecule has 4 fully saturated rings. The van der Waals surface area contributed by atoms with Crippen LogP contribution in [0.5, 0.6) is 11.6 Å². The van der Waals surface area contributed by atoms with Crippen LogP contribution in [-0.4, -0.2) is 89.8 Å². The average Bonchev–Trinajstić information content (AvgIpc) is 3.67. The van der Waals surface area contributed by atoms with Crippen LogP contribution in [0.1, 0.15) is 89.0 Å². The number of nitrogens with two attached hydrogens (primary N) is 1. The number of hydrogen-bond acceptors (Lipinski definition) is 8. The monoisotopic (exact) mass is 661 g/mol. The summed E-state index contributed by atoms with van der Waals surface area (Å²) in [6.07, 6.45) is 11.5.